The van der Waals surface area contributed by atoms with E-state index >= 15 is 0 Å². The first-order valence-electron chi connectivity index (χ1n) is 8.21. The number of carbonyl (C=O) groups excluding carboxylic acids is 2. The third-order valence-corrected chi connectivity index (χ3v) is 5.04. The minimum Gasteiger partial charge on any atom is -0.480 e. The molecule has 1 N–H and O–H groups in total. The molecule has 24 heavy (non-hydrogen) atoms. The number of aliphatic carboxylic acids is 1. The van der Waals surface area contributed by atoms with E-state index in [9.17, 15) is 19.5 Å². The van der Waals surface area contributed by atoms with Crippen molar-refractivity contribution in [3.05, 3.63) is 47.5 Å². The van der Waals surface area contributed by atoms with Gasteiger partial charge in [-0.05, 0) is 24.8 Å². The van der Waals surface area contributed by atoms with E-state index < -0.39 is 23.8 Å². The van der Waals surface area contributed by atoms with E-state index in [-0.39, 0.29) is 24.2 Å². The maximum absolute atomic E-state index is 12.8. The van der Waals surface area contributed by atoms with Crippen LogP contribution in [0.25, 0.3) is 0 Å². The molecule has 3 rings (SSSR count). The zero-order chi connectivity index (χ0) is 17.4. The highest BCUT2D eigenvalue weighted by molar-refractivity contribution is 6.08. The van der Waals surface area contributed by atoms with Crippen molar-refractivity contribution in [2.45, 2.75) is 32.7 Å². The van der Waals surface area contributed by atoms with Gasteiger partial charge >= 0.3 is 5.97 Å². The van der Waals surface area contributed by atoms with Crippen LogP contribution < -0.4 is 0 Å². The van der Waals surface area contributed by atoms with Crippen molar-refractivity contribution in [1.82, 2.24) is 4.90 Å². The molecule has 0 spiro atoms. The molecular weight excluding hydrogens is 306 g/mol. The monoisotopic (exact) mass is 327 g/mol. The second kappa shape index (κ2) is 6.23. The molecule has 1 saturated heterocycles. The highest BCUT2D eigenvalue weighted by Crippen LogP contribution is 2.41. The second-order valence-corrected chi connectivity index (χ2v) is 6.80. The van der Waals surface area contributed by atoms with Crippen LogP contribution in [0, 0.1) is 17.8 Å². The molecule has 1 aliphatic carbocycles. The first-order chi connectivity index (χ1) is 11.4. The molecule has 4 atom stereocenters. The fourth-order valence-corrected chi connectivity index (χ4v) is 3.98. The number of benzene rings is 1. The van der Waals surface area contributed by atoms with E-state index in [4.69, 9.17) is 0 Å². The molecule has 1 aromatic carbocycles. The Morgan fingerprint density at radius 3 is 2.54 bits per heavy atom. The van der Waals surface area contributed by atoms with E-state index in [2.05, 4.69) is 0 Å². The number of likely N-dealkylation sites (tertiary alicyclic amines) is 1. The Balaban J connectivity index is 1.91. The van der Waals surface area contributed by atoms with E-state index in [0.29, 0.717) is 6.42 Å². The molecule has 1 aliphatic heterocycles. The van der Waals surface area contributed by atoms with Crippen LogP contribution in [0.2, 0.25) is 0 Å². The summed E-state index contributed by atoms with van der Waals surface area (Å²) in [6.45, 7) is 3.87. The number of carboxylic acid groups (broad SMARTS) is 1. The smallest absolute Gasteiger partial charge is 0.327 e. The summed E-state index contributed by atoms with van der Waals surface area (Å²) in [5.74, 6) is -2.72. The summed E-state index contributed by atoms with van der Waals surface area (Å²) in [7, 11) is 0. The number of rotatable bonds is 4. The standard InChI is InChI=1S/C19H21NO4/c1-11-8-12(2)16-14(9-11)17(21)20(18(16)22)15(19(23)24)10-13-6-4-3-5-7-13/h3-8,12,14-16H,9-10H2,1-2H3,(H,23,24)/t12-,14-,15+,16+/m0/s1. The summed E-state index contributed by atoms with van der Waals surface area (Å²) >= 11 is 0. The van der Waals surface area contributed by atoms with Gasteiger partial charge in [0.15, 0.2) is 0 Å². The summed E-state index contributed by atoms with van der Waals surface area (Å²) in [4.78, 5) is 38.4. The van der Waals surface area contributed by atoms with Crippen LogP contribution in [0.3, 0.4) is 0 Å². The van der Waals surface area contributed by atoms with Gasteiger partial charge in [0, 0.05) is 6.42 Å². The minimum atomic E-state index is -1.15. The quantitative estimate of drug-likeness (QED) is 0.680. The molecule has 0 saturated carbocycles. The van der Waals surface area contributed by atoms with Gasteiger partial charge in [0.2, 0.25) is 11.8 Å². The summed E-state index contributed by atoms with van der Waals surface area (Å²) in [6, 6.07) is 7.94. The minimum absolute atomic E-state index is 0.0450. The van der Waals surface area contributed by atoms with Crippen molar-refractivity contribution >= 4 is 17.8 Å². The molecule has 0 unspecified atom stereocenters. The fraction of sp³-hybridized carbons (Fsp3) is 0.421. The van der Waals surface area contributed by atoms with Gasteiger partial charge < -0.3 is 5.11 Å². The number of imide groups is 1. The molecule has 126 valence electrons. The third-order valence-electron chi connectivity index (χ3n) is 5.04. The van der Waals surface area contributed by atoms with Crippen LogP contribution in [0.5, 0.6) is 0 Å². The van der Waals surface area contributed by atoms with Gasteiger partial charge in [0.25, 0.3) is 0 Å². The number of carboxylic acids is 1. The molecule has 1 heterocycles. The van der Waals surface area contributed by atoms with Gasteiger partial charge in [-0.2, -0.15) is 0 Å². The fourth-order valence-electron chi connectivity index (χ4n) is 3.98. The van der Waals surface area contributed by atoms with Gasteiger partial charge in [-0.25, -0.2) is 4.79 Å². The highest BCUT2D eigenvalue weighted by Gasteiger charge is 2.53. The van der Waals surface area contributed by atoms with Gasteiger partial charge in [0.1, 0.15) is 6.04 Å². The van der Waals surface area contributed by atoms with Crippen molar-refractivity contribution in [3.63, 3.8) is 0 Å². The number of carbonyl (C=O) groups is 3. The molecule has 0 aromatic heterocycles. The third kappa shape index (κ3) is 2.75. The van der Waals surface area contributed by atoms with Crippen molar-refractivity contribution in [2.24, 2.45) is 17.8 Å². The summed E-state index contributed by atoms with van der Waals surface area (Å²) in [5.41, 5.74) is 1.88. The Hall–Kier alpha value is -2.43. The maximum atomic E-state index is 12.8. The Morgan fingerprint density at radius 2 is 1.92 bits per heavy atom. The van der Waals surface area contributed by atoms with E-state index in [0.717, 1.165) is 16.0 Å². The summed E-state index contributed by atoms with van der Waals surface area (Å²) in [5, 5.41) is 9.62. The number of hydrogen-bond donors (Lipinski definition) is 1. The van der Waals surface area contributed by atoms with E-state index in [1.807, 2.05) is 50.3 Å². The van der Waals surface area contributed by atoms with E-state index in [1.54, 1.807) is 0 Å². The lowest BCUT2D eigenvalue weighted by Gasteiger charge is -2.25. The molecular formula is C19H21NO4. The molecule has 0 radical (unpaired) electrons. The van der Waals surface area contributed by atoms with Crippen molar-refractivity contribution < 1.29 is 19.5 Å². The number of hydrogen-bond acceptors (Lipinski definition) is 3. The SMILES string of the molecule is CC1=C[C@H](C)[C@H]2C(=O)N([C@H](Cc3ccccc3)C(=O)O)C(=O)[C@H]2C1. The lowest BCUT2D eigenvalue weighted by atomic mass is 9.76. The molecule has 0 bridgehead atoms. The van der Waals surface area contributed by atoms with E-state index in [1.165, 1.54) is 0 Å². The average Bonchev–Trinajstić information content (AvgIpc) is 2.77. The van der Waals surface area contributed by atoms with Crippen LogP contribution in [0.4, 0.5) is 0 Å². The molecule has 1 fully saturated rings. The molecule has 1 aromatic rings. The highest BCUT2D eigenvalue weighted by atomic mass is 16.4. The lowest BCUT2D eigenvalue weighted by Crippen LogP contribution is -2.47. The lowest BCUT2D eigenvalue weighted by molar-refractivity contribution is -0.155. The normalized spacial score (nSPS) is 27.7. The zero-order valence-corrected chi connectivity index (χ0v) is 13.8. The van der Waals surface area contributed by atoms with Crippen molar-refractivity contribution in [3.8, 4) is 0 Å². The number of amides is 2. The van der Waals surface area contributed by atoms with Gasteiger partial charge in [0.05, 0.1) is 11.8 Å². The van der Waals surface area contributed by atoms with Crippen LogP contribution in [0.1, 0.15) is 25.8 Å². The Kier molecular flexibility index (Phi) is 4.26. The second-order valence-electron chi connectivity index (χ2n) is 6.80. The van der Waals surface area contributed by atoms with Gasteiger partial charge in [-0.3, -0.25) is 14.5 Å². The Labute approximate surface area is 141 Å². The largest absolute Gasteiger partial charge is 0.480 e. The predicted octanol–water partition coefficient (Wildman–Crippen LogP) is 2.27. The number of nitrogens with zero attached hydrogens (tertiary/aromatic N) is 1. The van der Waals surface area contributed by atoms with Crippen LogP contribution >= 0.6 is 0 Å². The number of allylic oxidation sites excluding steroid dienone is 2. The zero-order valence-electron chi connectivity index (χ0n) is 13.8. The van der Waals surface area contributed by atoms with Crippen molar-refractivity contribution in [2.75, 3.05) is 0 Å². The topological polar surface area (TPSA) is 74.7 Å². The maximum Gasteiger partial charge on any atom is 0.327 e. The molecule has 5 heteroatoms. The summed E-state index contributed by atoms with van der Waals surface area (Å²) < 4.78 is 0. The number of fused-ring (bicyclic) bond motifs is 1. The molecule has 2 amide bonds. The molecule has 5 nitrogen and oxygen atoms in total. The Morgan fingerprint density at radius 1 is 1.25 bits per heavy atom. The van der Waals surface area contributed by atoms with Crippen LogP contribution in [-0.4, -0.2) is 33.8 Å². The van der Waals surface area contributed by atoms with Gasteiger partial charge in [-0.1, -0.05) is 48.9 Å². The summed E-state index contributed by atoms with van der Waals surface area (Å²) in [6.07, 6.45) is 2.68. The van der Waals surface area contributed by atoms with Crippen molar-refractivity contribution in [1.29, 1.82) is 0 Å². The first kappa shape index (κ1) is 16.4. The molecule has 2 aliphatic rings. The van der Waals surface area contributed by atoms with Crippen LogP contribution in [0.15, 0.2) is 42.0 Å². The van der Waals surface area contributed by atoms with Crippen LogP contribution in [-0.2, 0) is 20.8 Å². The predicted molar refractivity (Wildman–Crippen MR) is 87.9 cm³/mol. The Bertz CT molecular complexity index is 709. The first-order valence-corrected chi connectivity index (χ1v) is 8.21. The average molecular weight is 327 g/mol. The van der Waals surface area contributed by atoms with Gasteiger partial charge in [-0.15, -0.1) is 0 Å².